The van der Waals surface area contributed by atoms with Crippen LogP contribution < -0.4 is 9.47 Å². The summed E-state index contributed by atoms with van der Waals surface area (Å²) in [5.41, 5.74) is 0. The Bertz CT molecular complexity index is 683. The fourth-order valence-corrected chi connectivity index (χ4v) is 5.08. The first-order valence-electron chi connectivity index (χ1n) is 8.82. The van der Waals surface area contributed by atoms with Crippen LogP contribution in [-0.2, 0) is 14.8 Å². The molecule has 1 aromatic rings. The highest BCUT2D eigenvalue weighted by atomic mass is 32.2. The fourth-order valence-electron chi connectivity index (χ4n) is 3.46. The molecule has 1 aliphatic rings. The Balaban J connectivity index is 2.18. The van der Waals surface area contributed by atoms with Gasteiger partial charge in [0.2, 0.25) is 10.0 Å². The van der Waals surface area contributed by atoms with Crippen molar-refractivity contribution >= 4 is 10.0 Å². The number of ether oxygens (including phenoxy) is 3. The van der Waals surface area contributed by atoms with Gasteiger partial charge in [0.15, 0.2) is 11.5 Å². The quantitative estimate of drug-likeness (QED) is 0.635. The van der Waals surface area contributed by atoms with Crippen molar-refractivity contribution in [3.8, 4) is 11.5 Å². The third-order valence-electron chi connectivity index (χ3n) is 4.83. The maximum absolute atomic E-state index is 13.1. The van der Waals surface area contributed by atoms with E-state index in [0.717, 1.165) is 13.0 Å². The molecule has 2 atom stereocenters. The van der Waals surface area contributed by atoms with Gasteiger partial charge in [-0.05, 0) is 32.4 Å². The molecular weight excluding hydrogens is 356 g/mol. The molecule has 0 bridgehead atoms. The van der Waals surface area contributed by atoms with E-state index in [0.29, 0.717) is 31.2 Å². The second-order valence-corrected chi connectivity index (χ2v) is 8.56. The molecule has 0 radical (unpaired) electrons. The van der Waals surface area contributed by atoms with E-state index >= 15 is 0 Å². The minimum atomic E-state index is -3.59. The van der Waals surface area contributed by atoms with Crippen molar-refractivity contribution in [3.63, 3.8) is 0 Å². The lowest BCUT2D eigenvalue weighted by molar-refractivity contribution is 0.0666. The lowest BCUT2D eigenvalue weighted by Gasteiger charge is -2.43. The maximum Gasteiger partial charge on any atom is 0.243 e. The van der Waals surface area contributed by atoms with Crippen molar-refractivity contribution < 1.29 is 22.6 Å². The summed E-state index contributed by atoms with van der Waals surface area (Å²) < 4.78 is 43.3. The fraction of sp³-hybridized carbons (Fsp3) is 0.667. The van der Waals surface area contributed by atoms with Crippen LogP contribution in [0.25, 0.3) is 0 Å². The molecule has 7 nitrogen and oxygen atoms in total. The molecule has 0 amide bonds. The van der Waals surface area contributed by atoms with Crippen LogP contribution >= 0.6 is 0 Å². The second-order valence-electron chi connectivity index (χ2n) is 6.62. The Kier molecular flexibility index (Phi) is 7.28. The van der Waals surface area contributed by atoms with Gasteiger partial charge in [0.25, 0.3) is 0 Å². The third-order valence-corrected chi connectivity index (χ3v) is 6.65. The van der Waals surface area contributed by atoms with E-state index in [4.69, 9.17) is 14.2 Å². The van der Waals surface area contributed by atoms with E-state index in [9.17, 15) is 8.42 Å². The van der Waals surface area contributed by atoms with E-state index in [1.165, 1.54) is 20.3 Å². The van der Waals surface area contributed by atoms with Crippen LogP contribution in [0.5, 0.6) is 11.5 Å². The first kappa shape index (κ1) is 21.0. The molecular formula is C18H30N2O5S. The zero-order chi connectivity index (χ0) is 19.3. The monoisotopic (exact) mass is 386 g/mol. The standard InChI is InChI=1S/C18H30N2O5S/c1-14-12-19(13-15(2)20(14)9-6-10-23-3)26(21,22)16-7-8-17(24-4)18(11-16)25-5/h7-8,11,14-15H,6,9-10,12-13H2,1-5H3. The summed E-state index contributed by atoms with van der Waals surface area (Å²) in [4.78, 5) is 2.57. The number of hydrogen-bond acceptors (Lipinski definition) is 6. The number of sulfonamides is 1. The predicted molar refractivity (Wildman–Crippen MR) is 100 cm³/mol. The SMILES string of the molecule is COCCCN1C(C)CN(S(=O)(=O)c2ccc(OC)c(OC)c2)CC1C. The summed E-state index contributed by atoms with van der Waals surface area (Å²) in [5, 5.41) is 0. The van der Waals surface area contributed by atoms with Crippen molar-refractivity contribution in [2.75, 3.05) is 47.6 Å². The van der Waals surface area contributed by atoms with Gasteiger partial charge in [-0.15, -0.1) is 0 Å². The van der Waals surface area contributed by atoms with Gasteiger partial charge >= 0.3 is 0 Å². The smallest absolute Gasteiger partial charge is 0.243 e. The van der Waals surface area contributed by atoms with E-state index in [-0.39, 0.29) is 17.0 Å². The average molecular weight is 387 g/mol. The van der Waals surface area contributed by atoms with E-state index in [1.54, 1.807) is 23.5 Å². The molecule has 1 fully saturated rings. The molecule has 1 aromatic carbocycles. The summed E-state index contributed by atoms with van der Waals surface area (Å²) in [6, 6.07) is 5.00. The Hall–Kier alpha value is -1.35. The summed E-state index contributed by atoms with van der Waals surface area (Å²) in [7, 11) is 1.13. The molecule has 26 heavy (non-hydrogen) atoms. The van der Waals surface area contributed by atoms with Crippen LogP contribution in [0.3, 0.4) is 0 Å². The van der Waals surface area contributed by atoms with Crippen molar-refractivity contribution in [3.05, 3.63) is 18.2 Å². The Morgan fingerprint density at radius 2 is 1.65 bits per heavy atom. The highest BCUT2D eigenvalue weighted by Gasteiger charge is 2.36. The van der Waals surface area contributed by atoms with E-state index in [1.807, 2.05) is 0 Å². The van der Waals surface area contributed by atoms with Crippen LogP contribution in [0.1, 0.15) is 20.3 Å². The van der Waals surface area contributed by atoms with Gasteiger partial charge in [-0.25, -0.2) is 8.42 Å². The number of hydrogen-bond donors (Lipinski definition) is 0. The molecule has 0 aromatic heterocycles. The summed E-state index contributed by atoms with van der Waals surface area (Å²) in [5.74, 6) is 0.920. The summed E-state index contributed by atoms with van der Waals surface area (Å²) >= 11 is 0. The first-order valence-corrected chi connectivity index (χ1v) is 10.3. The van der Waals surface area contributed by atoms with Crippen LogP contribution in [0, 0.1) is 0 Å². The zero-order valence-electron chi connectivity index (χ0n) is 16.3. The van der Waals surface area contributed by atoms with Gasteiger partial charge in [0, 0.05) is 51.5 Å². The Morgan fingerprint density at radius 1 is 1.04 bits per heavy atom. The highest BCUT2D eigenvalue weighted by Crippen LogP contribution is 2.31. The van der Waals surface area contributed by atoms with Crippen LogP contribution in [0.2, 0.25) is 0 Å². The minimum Gasteiger partial charge on any atom is -0.493 e. The molecule has 0 N–H and O–H groups in total. The molecule has 8 heteroatoms. The molecule has 2 rings (SSSR count). The van der Waals surface area contributed by atoms with Gasteiger partial charge in [-0.2, -0.15) is 4.31 Å². The molecule has 0 spiro atoms. The molecule has 1 heterocycles. The number of rotatable bonds is 8. The third kappa shape index (κ3) is 4.49. The lowest BCUT2D eigenvalue weighted by Crippen LogP contribution is -2.58. The molecule has 148 valence electrons. The maximum atomic E-state index is 13.1. The van der Waals surface area contributed by atoms with Gasteiger partial charge < -0.3 is 14.2 Å². The largest absolute Gasteiger partial charge is 0.493 e. The predicted octanol–water partition coefficient (Wildman–Crippen LogP) is 1.82. The Morgan fingerprint density at radius 3 is 2.19 bits per heavy atom. The molecule has 1 saturated heterocycles. The number of benzene rings is 1. The van der Waals surface area contributed by atoms with Crippen LogP contribution in [0.15, 0.2) is 23.1 Å². The molecule has 0 saturated carbocycles. The van der Waals surface area contributed by atoms with Gasteiger partial charge in [0.1, 0.15) is 0 Å². The minimum absolute atomic E-state index is 0.144. The average Bonchev–Trinajstić information content (AvgIpc) is 2.63. The number of nitrogens with zero attached hydrogens (tertiary/aromatic N) is 2. The summed E-state index contributed by atoms with van der Waals surface area (Å²) in [6.07, 6.45) is 0.938. The van der Waals surface area contributed by atoms with Crippen LogP contribution in [0.4, 0.5) is 0 Å². The highest BCUT2D eigenvalue weighted by molar-refractivity contribution is 7.89. The van der Waals surface area contributed by atoms with Crippen LogP contribution in [-0.4, -0.2) is 77.3 Å². The van der Waals surface area contributed by atoms with Gasteiger partial charge in [-0.1, -0.05) is 0 Å². The number of piperazine rings is 1. The van der Waals surface area contributed by atoms with Crippen molar-refractivity contribution in [2.45, 2.75) is 37.2 Å². The topological polar surface area (TPSA) is 68.3 Å². The first-order chi connectivity index (χ1) is 12.3. The van der Waals surface area contributed by atoms with Crippen molar-refractivity contribution in [1.82, 2.24) is 9.21 Å². The molecule has 2 unspecified atom stereocenters. The molecule has 1 aliphatic heterocycles. The van der Waals surface area contributed by atoms with Gasteiger partial charge in [0.05, 0.1) is 19.1 Å². The normalized spacial score (nSPS) is 22.3. The van der Waals surface area contributed by atoms with Gasteiger partial charge in [-0.3, -0.25) is 4.90 Å². The van der Waals surface area contributed by atoms with E-state index in [2.05, 4.69) is 18.7 Å². The van der Waals surface area contributed by atoms with Crippen molar-refractivity contribution in [1.29, 1.82) is 0 Å². The van der Waals surface area contributed by atoms with E-state index < -0.39 is 10.0 Å². The summed E-state index contributed by atoms with van der Waals surface area (Å²) in [6.45, 7) is 6.69. The van der Waals surface area contributed by atoms with Crippen molar-refractivity contribution in [2.24, 2.45) is 0 Å². The molecule has 0 aliphatic carbocycles. The zero-order valence-corrected chi connectivity index (χ0v) is 17.1. The Labute approximate surface area is 156 Å². The second kappa shape index (κ2) is 9.03. The number of methoxy groups -OCH3 is 3. The lowest BCUT2D eigenvalue weighted by atomic mass is 10.1.